The highest BCUT2D eigenvalue weighted by Gasteiger charge is 2.63. The molecule has 10 atom stereocenters. The summed E-state index contributed by atoms with van der Waals surface area (Å²) in [5.41, 5.74) is 0.271. The van der Waals surface area contributed by atoms with Gasteiger partial charge in [-0.15, -0.1) is 0 Å². The minimum atomic E-state index is -0.246. The van der Waals surface area contributed by atoms with Gasteiger partial charge in [0.05, 0.1) is 19.3 Å². The Kier molecular flexibility index (Phi) is 5.83. The van der Waals surface area contributed by atoms with E-state index in [2.05, 4.69) is 20.8 Å². The maximum atomic E-state index is 11.6. The molecule has 0 aromatic rings. The molecule has 4 aliphatic rings. The van der Waals surface area contributed by atoms with Crippen LogP contribution in [0, 0.1) is 46.3 Å². The van der Waals surface area contributed by atoms with Crippen molar-refractivity contribution in [3.63, 3.8) is 0 Å². The van der Waals surface area contributed by atoms with Crippen LogP contribution in [-0.2, 0) is 9.53 Å². The lowest BCUT2D eigenvalue weighted by atomic mass is 9.43. The Morgan fingerprint density at radius 3 is 2.55 bits per heavy atom. The van der Waals surface area contributed by atoms with Gasteiger partial charge in [-0.2, -0.15) is 0 Å². The number of fused-ring (bicyclic) bond motifs is 5. The molecule has 4 saturated carbocycles. The summed E-state index contributed by atoms with van der Waals surface area (Å²) in [6, 6.07) is 0. The first-order chi connectivity index (χ1) is 13.7. The summed E-state index contributed by atoms with van der Waals surface area (Å²) < 4.78 is 4.85. The molecule has 0 bridgehead atoms. The number of rotatable bonds is 4. The van der Waals surface area contributed by atoms with Gasteiger partial charge < -0.3 is 14.9 Å². The maximum Gasteiger partial charge on any atom is 0.305 e. The number of carbonyl (C=O) groups is 1. The average molecular weight is 407 g/mol. The van der Waals surface area contributed by atoms with Crippen LogP contribution in [0.1, 0.15) is 85.0 Å². The molecule has 29 heavy (non-hydrogen) atoms. The zero-order valence-electron chi connectivity index (χ0n) is 18.9. The molecule has 0 saturated heterocycles. The van der Waals surface area contributed by atoms with Crippen LogP contribution >= 0.6 is 0 Å². The Hall–Kier alpha value is -0.610. The highest BCUT2D eigenvalue weighted by molar-refractivity contribution is 5.69. The molecule has 166 valence electrons. The molecule has 4 heteroatoms. The first-order valence-corrected chi connectivity index (χ1v) is 12.1. The molecule has 0 aromatic heterocycles. The van der Waals surface area contributed by atoms with Crippen LogP contribution < -0.4 is 0 Å². The minimum Gasteiger partial charge on any atom is -0.469 e. The normalized spacial score (nSPS) is 50.2. The maximum absolute atomic E-state index is 11.6. The summed E-state index contributed by atoms with van der Waals surface area (Å²) in [7, 11) is 1.46. The van der Waals surface area contributed by atoms with Crippen molar-refractivity contribution < 1.29 is 19.7 Å². The van der Waals surface area contributed by atoms with Gasteiger partial charge in [0.2, 0.25) is 0 Å². The van der Waals surface area contributed by atoms with E-state index in [4.69, 9.17) is 4.74 Å². The van der Waals surface area contributed by atoms with Gasteiger partial charge in [0, 0.05) is 6.42 Å². The fourth-order valence-electron chi connectivity index (χ4n) is 8.81. The molecule has 0 heterocycles. The van der Waals surface area contributed by atoms with Crippen molar-refractivity contribution in [1.29, 1.82) is 0 Å². The van der Waals surface area contributed by atoms with Crippen molar-refractivity contribution in [3.05, 3.63) is 0 Å². The van der Waals surface area contributed by atoms with E-state index in [1.165, 1.54) is 32.8 Å². The lowest BCUT2D eigenvalue weighted by molar-refractivity contribution is -0.175. The molecule has 4 rings (SSSR count). The average Bonchev–Trinajstić information content (AvgIpc) is 3.06. The smallest absolute Gasteiger partial charge is 0.305 e. The van der Waals surface area contributed by atoms with E-state index in [1.54, 1.807) is 0 Å². The van der Waals surface area contributed by atoms with E-state index in [1.807, 2.05) is 0 Å². The Labute approximate surface area is 176 Å². The standard InChI is InChI=1S/C25H42O4/c1-15(5-10-23(28)29-4)19-8-9-20-18-7-6-16-13-17(26)11-12-24(16,2)21(18)14-22(27)25(19,20)3/h15-22,26-27H,5-14H2,1-4H3/t15-,16+,17-,18+,19-,20-,21-,22+,24+,25-/m1/s1. The van der Waals surface area contributed by atoms with Gasteiger partial charge in [0.15, 0.2) is 0 Å². The molecule has 4 aliphatic carbocycles. The van der Waals surface area contributed by atoms with Crippen LogP contribution in [-0.4, -0.2) is 35.5 Å². The summed E-state index contributed by atoms with van der Waals surface area (Å²) in [6.45, 7) is 7.12. The van der Waals surface area contributed by atoms with Gasteiger partial charge >= 0.3 is 5.97 Å². The number of aliphatic hydroxyl groups is 2. The first kappa shape index (κ1) is 21.6. The predicted octanol–water partition coefficient (Wildman–Crippen LogP) is 4.57. The van der Waals surface area contributed by atoms with Gasteiger partial charge in [-0.1, -0.05) is 20.8 Å². The molecule has 0 aromatic carbocycles. The van der Waals surface area contributed by atoms with Crippen LogP contribution in [0.2, 0.25) is 0 Å². The number of carbonyl (C=O) groups excluding carboxylic acids is 1. The molecule has 0 aliphatic heterocycles. The number of aliphatic hydroxyl groups excluding tert-OH is 2. The number of hydrogen-bond donors (Lipinski definition) is 2. The molecule has 0 unspecified atom stereocenters. The third kappa shape index (κ3) is 3.37. The van der Waals surface area contributed by atoms with Crippen molar-refractivity contribution in [3.8, 4) is 0 Å². The van der Waals surface area contributed by atoms with Crippen molar-refractivity contribution in [1.82, 2.24) is 0 Å². The molecule has 4 fully saturated rings. The molecular formula is C25H42O4. The van der Waals surface area contributed by atoms with Crippen LogP contribution in [0.15, 0.2) is 0 Å². The van der Waals surface area contributed by atoms with E-state index in [9.17, 15) is 15.0 Å². The predicted molar refractivity (Wildman–Crippen MR) is 113 cm³/mol. The Bertz CT molecular complexity index is 620. The zero-order chi connectivity index (χ0) is 21.0. The molecule has 0 spiro atoms. The topological polar surface area (TPSA) is 66.8 Å². The van der Waals surface area contributed by atoms with Crippen LogP contribution in [0.25, 0.3) is 0 Å². The number of hydrogen-bond acceptors (Lipinski definition) is 4. The molecule has 0 amide bonds. The lowest BCUT2D eigenvalue weighted by Crippen LogP contribution is -2.58. The van der Waals surface area contributed by atoms with Crippen LogP contribution in [0.4, 0.5) is 0 Å². The second-order valence-electron chi connectivity index (χ2n) is 11.5. The van der Waals surface area contributed by atoms with E-state index in [0.717, 1.165) is 38.0 Å². The van der Waals surface area contributed by atoms with Crippen molar-refractivity contribution in [2.24, 2.45) is 46.3 Å². The largest absolute Gasteiger partial charge is 0.469 e. The van der Waals surface area contributed by atoms with E-state index in [-0.39, 0.29) is 23.6 Å². The van der Waals surface area contributed by atoms with Crippen molar-refractivity contribution in [2.75, 3.05) is 7.11 Å². The number of methoxy groups -OCH3 is 1. The van der Waals surface area contributed by atoms with Gasteiger partial charge in [-0.25, -0.2) is 0 Å². The Morgan fingerprint density at radius 1 is 1.07 bits per heavy atom. The Balaban J connectivity index is 1.53. The molecule has 2 N–H and O–H groups in total. The monoisotopic (exact) mass is 406 g/mol. The van der Waals surface area contributed by atoms with Gasteiger partial charge in [-0.05, 0) is 104 Å². The Morgan fingerprint density at radius 2 is 1.83 bits per heavy atom. The minimum absolute atomic E-state index is 0.0198. The van der Waals surface area contributed by atoms with E-state index >= 15 is 0 Å². The summed E-state index contributed by atoms with van der Waals surface area (Å²) in [4.78, 5) is 11.6. The molecule has 4 nitrogen and oxygen atoms in total. The zero-order valence-corrected chi connectivity index (χ0v) is 18.9. The van der Waals surface area contributed by atoms with Gasteiger partial charge in [0.25, 0.3) is 0 Å². The fourth-order valence-corrected chi connectivity index (χ4v) is 8.81. The second kappa shape index (κ2) is 7.82. The third-order valence-corrected chi connectivity index (χ3v) is 10.5. The van der Waals surface area contributed by atoms with Gasteiger partial charge in [-0.3, -0.25) is 4.79 Å². The fraction of sp³-hybridized carbons (Fsp3) is 0.960. The van der Waals surface area contributed by atoms with Crippen LogP contribution in [0.3, 0.4) is 0 Å². The molecule has 0 radical (unpaired) electrons. The molecular weight excluding hydrogens is 364 g/mol. The number of ether oxygens (including phenoxy) is 1. The van der Waals surface area contributed by atoms with Gasteiger partial charge in [0.1, 0.15) is 0 Å². The van der Waals surface area contributed by atoms with Crippen LogP contribution in [0.5, 0.6) is 0 Å². The second-order valence-corrected chi connectivity index (χ2v) is 11.5. The van der Waals surface area contributed by atoms with E-state index in [0.29, 0.717) is 41.4 Å². The summed E-state index contributed by atoms with van der Waals surface area (Å²) in [5.74, 6) is 3.36. The van der Waals surface area contributed by atoms with Crippen molar-refractivity contribution in [2.45, 2.75) is 97.2 Å². The quantitative estimate of drug-likeness (QED) is 0.671. The highest BCUT2D eigenvalue weighted by Crippen LogP contribution is 2.68. The van der Waals surface area contributed by atoms with Crippen molar-refractivity contribution >= 4 is 5.97 Å². The third-order valence-electron chi connectivity index (χ3n) is 10.5. The number of esters is 1. The summed E-state index contributed by atoms with van der Waals surface area (Å²) in [5, 5.41) is 21.8. The summed E-state index contributed by atoms with van der Waals surface area (Å²) in [6.07, 6.45) is 9.86. The SMILES string of the molecule is COC(=O)CC[C@@H](C)[C@H]1CC[C@@H]2[C@@H]3CC[C@H]4C[C@H](O)CC[C@]4(C)[C@@H]3C[C@H](O)[C@@]21C. The lowest BCUT2D eigenvalue weighted by Gasteiger charge is -2.62. The highest BCUT2D eigenvalue weighted by atomic mass is 16.5. The first-order valence-electron chi connectivity index (χ1n) is 12.1. The van der Waals surface area contributed by atoms with E-state index < -0.39 is 0 Å². The summed E-state index contributed by atoms with van der Waals surface area (Å²) >= 11 is 0.